The molecule has 0 saturated heterocycles. The molecule has 28 heavy (non-hydrogen) atoms. The van der Waals surface area contributed by atoms with Gasteiger partial charge in [-0.15, -0.1) is 11.3 Å². The van der Waals surface area contributed by atoms with Gasteiger partial charge in [-0.25, -0.2) is 9.78 Å². The quantitative estimate of drug-likeness (QED) is 0.591. The molecule has 0 aliphatic heterocycles. The number of ether oxygens (including phenoxy) is 2. The lowest BCUT2D eigenvalue weighted by molar-refractivity contribution is -0.123. The summed E-state index contributed by atoms with van der Waals surface area (Å²) in [6.07, 6.45) is -1.03. The molecule has 1 N–H and O–H groups in total. The molecule has 1 amide bonds. The van der Waals surface area contributed by atoms with Gasteiger partial charge in [-0.3, -0.25) is 4.79 Å². The van der Waals surface area contributed by atoms with Crippen molar-refractivity contribution in [3.05, 3.63) is 64.6 Å². The van der Waals surface area contributed by atoms with E-state index in [4.69, 9.17) is 21.1 Å². The second kappa shape index (κ2) is 8.86. The van der Waals surface area contributed by atoms with Crippen LogP contribution in [0, 0.1) is 0 Å². The minimum atomic E-state index is -1.03. The predicted molar refractivity (Wildman–Crippen MR) is 109 cm³/mol. The molecule has 0 aliphatic carbocycles. The van der Waals surface area contributed by atoms with Crippen LogP contribution in [-0.4, -0.2) is 30.1 Å². The van der Waals surface area contributed by atoms with Crippen molar-refractivity contribution in [3.63, 3.8) is 0 Å². The zero-order valence-electron chi connectivity index (χ0n) is 15.1. The van der Waals surface area contributed by atoms with E-state index < -0.39 is 18.0 Å². The van der Waals surface area contributed by atoms with Crippen molar-refractivity contribution in [3.8, 4) is 16.3 Å². The molecule has 0 radical (unpaired) electrons. The fraction of sp³-hybridized carbons (Fsp3) is 0.150. The molecule has 0 fully saturated rings. The van der Waals surface area contributed by atoms with Crippen LogP contribution in [0.25, 0.3) is 10.6 Å². The standard InChI is InChI=1S/C20H17ClN2O4S/c1-12(18(24)22-15-10-14(21)8-9-17(15)26-2)27-20(25)16-11-28-19(23-16)13-6-4-3-5-7-13/h3-12H,1-2H3,(H,22,24)/t12-/m1/s1. The molecule has 1 atom stereocenters. The Kier molecular flexibility index (Phi) is 6.28. The number of carbonyl (C=O) groups is 2. The minimum Gasteiger partial charge on any atom is -0.495 e. The molecule has 3 aromatic rings. The molecule has 0 aliphatic rings. The Morgan fingerprint density at radius 2 is 1.93 bits per heavy atom. The molecule has 8 heteroatoms. The Balaban J connectivity index is 1.65. The summed E-state index contributed by atoms with van der Waals surface area (Å²) in [5, 5.41) is 5.40. The van der Waals surface area contributed by atoms with E-state index in [1.807, 2.05) is 30.3 Å². The molecule has 144 valence electrons. The van der Waals surface area contributed by atoms with E-state index in [1.165, 1.54) is 25.4 Å². The molecule has 2 aromatic carbocycles. The lowest BCUT2D eigenvalue weighted by Crippen LogP contribution is -2.30. The first kappa shape index (κ1) is 19.9. The smallest absolute Gasteiger partial charge is 0.358 e. The van der Waals surface area contributed by atoms with Crippen LogP contribution in [0.5, 0.6) is 5.75 Å². The Labute approximate surface area is 171 Å². The van der Waals surface area contributed by atoms with Crippen LogP contribution in [0.2, 0.25) is 5.02 Å². The second-order valence-corrected chi connectivity index (χ2v) is 7.08. The Morgan fingerprint density at radius 3 is 2.64 bits per heavy atom. The SMILES string of the molecule is COc1ccc(Cl)cc1NC(=O)[C@@H](C)OC(=O)c1csc(-c2ccccc2)n1. The Bertz CT molecular complexity index is 991. The van der Waals surface area contributed by atoms with Crippen molar-refractivity contribution >= 4 is 40.5 Å². The Hall–Kier alpha value is -2.90. The molecule has 0 bridgehead atoms. The highest BCUT2D eigenvalue weighted by molar-refractivity contribution is 7.13. The van der Waals surface area contributed by atoms with Gasteiger partial charge in [0.1, 0.15) is 10.8 Å². The number of halogens is 1. The summed E-state index contributed by atoms with van der Waals surface area (Å²) in [6.45, 7) is 1.48. The molecular weight excluding hydrogens is 400 g/mol. The van der Waals surface area contributed by atoms with Crippen molar-refractivity contribution in [2.45, 2.75) is 13.0 Å². The average Bonchev–Trinajstić information content (AvgIpc) is 3.19. The number of thiazole rings is 1. The van der Waals surface area contributed by atoms with Crippen molar-refractivity contribution < 1.29 is 19.1 Å². The van der Waals surface area contributed by atoms with Crippen LogP contribution in [0.4, 0.5) is 5.69 Å². The number of carbonyl (C=O) groups excluding carboxylic acids is 2. The number of amides is 1. The fourth-order valence-corrected chi connectivity index (χ4v) is 3.34. The highest BCUT2D eigenvalue weighted by atomic mass is 35.5. The van der Waals surface area contributed by atoms with Gasteiger partial charge in [0.2, 0.25) is 0 Å². The minimum absolute atomic E-state index is 0.156. The third-order valence-electron chi connectivity index (χ3n) is 3.81. The number of esters is 1. The van der Waals surface area contributed by atoms with Crippen LogP contribution >= 0.6 is 22.9 Å². The van der Waals surface area contributed by atoms with Crippen molar-refractivity contribution in [2.24, 2.45) is 0 Å². The largest absolute Gasteiger partial charge is 0.495 e. The van der Waals surface area contributed by atoms with Crippen LogP contribution in [0.15, 0.2) is 53.9 Å². The molecule has 1 aromatic heterocycles. The van der Waals surface area contributed by atoms with E-state index in [0.29, 0.717) is 21.5 Å². The van der Waals surface area contributed by atoms with Gasteiger partial charge < -0.3 is 14.8 Å². The highest BCUT2D eigenvalue weighted by Gasteiger charge is 2.22. The number of methoxy groups -OCH3 is 1. The molecule has 0 unspecified atom stereocenters. The van der Waals surface area contributed by atoms with E-state index in [0.717, 1.165) is 5.56 Å². The summed E-state index contributed by atoms with van der Waals surface area (Å²) in [7, 11) is 1.48. The van der Waals surface area contributed by atoms with Crippen molar-refractivity contribution in [1.82, 2.24) is 4.98 Å². The second-order valence-electron chi connectivity index (χ2n) is 5.79. The van der Waals surface area contributed by atoms with Gasteiger partial charge in [-0.1, -0.05) is 41.9 Å². The van der Waals surface area contributed by atoms with Crippen LogP contribution in [-0.2, 0) is 9.53 Å². The summed E-state index contributed by atoms with van der Waals surface area (Å²) in [6, 6.07) is 14.3. The Morgan fingerprint density at radius 1 is 1.18 bits per heavy atom. The van der Waals surface area contributed by atoms with Gasteiger partial charge in [0.15, 0.2) is 11.8 Å². The normalized spacial score (nSPS) is 11.5. The molecule has 1 heterocycles. The maximum atomic E-state index is 12.4. The van der Waals surface area contributed by atoms with Crippen LogP contribution in [0.3, 0.4) is 0 Å². The zero-order chi connectivity index (χ0) is 20.1. The lowest BCUT2D eigenvalue weighted by Gasteiger charge is -2.15. The number of hydrogen-bond acceptors (Lipinski definition) is 6. The van der Waals surface area contributed by atoms with Crippen LogP contribution in [0.1, 0.15) is 17.4 Å². The van der Waals surface area contributed by atoms with Crippen molar-refractivity contribution in [2.75, 3.05) is 12.4 Å². The van der Waals surface area contributed by atoms with E-state index in [1.54, 1.807) is 23.6 Å². The molecule has 3 rings (SSSR count). The topological polar surface area (TPSA) is 77.5 Å². The van der Waals surface area contributed by atoms with Gasteiger partial charge in [-0.2, -0.15) is 0 Å². The number of anilines is 1. The van der Waals surface area contributed by atoms with Gasteiger partial charge in [-0.05, 0) is 25.1 Å². The summed E-state index contributed by atoms with van der Waals surface area (Å²) in [5.41, 5.74) is 1.46. The lowest BCUT2D eigenvalue weighted by atomic mass is 10.2. The van der Waals surface area contributed by atoms with Gasteiger partial charge in [0.05, 0.1) is 12.8 Å². The number of nitrogens with one attached hydrogen (secondary N) is 1. The van der Waals surface area contributed by atoms with E-state index in [-0.39, 0.29) is 5.69 Å². The summed E-state index contributed by atoms with van der Waals surface area (Å²) in [4.78, 5) is 29.0. The summed E-state index contributed by atoms with van der Waals surface area (Å²) < 4.78 is 10.4. The molecular formula is C20H17ClN2O4S. The third-order valence-corrected chi connectivity index (χ3v) is 4.93. The monoisotopic (exact) mass is 416 g/mol. The van der Waals surface area contributed by atoms with E-state index in [2.05, 4.69) is 10.3 Å². The maximum absolute atomic E-state index is 12.4. The number of rotatable bonds is 6. The van der Waals surface area contributed by atoms with E-state index in [9.17, 15) is 9.59 Å². The highest BCUT2D eigenvalue weighted by Crippen LogP contribution is 2.28. The van der Waals surface area contributed by atoms with Crippen molar-refractivity contribution in [1.29, 1.82) is 0 Å². The summed E-state index contributed by atoms with van der Waals surface area (Å²) >= 11 is 7.29. The number of nitrogens with zero attached hydrogens (tertiary/aromatic N) is 1. The summed E-state index contributed by atoms with van der Waals surface area (Å²) in [5.74, 6) is -0.727. The van der Waals surface area contributed by atoms with Gasteiger partial charge in [0.25, 0.3) is 5.91 Å². The number of aromatic nitrogens is 1. The number of hydrogen-bond donors (Lipinski definition) is 1. The van der Waals surface area contributed by atoms with Gasteiger partial charge >= 0.3 is 5.97 Å². The fourth-order valence-electron chi connectivity index (χ4n) is 2.37. The first-order valence-electron chi connectivity index (χ1n) is 8.34. The molecule has 0 spiro atoms. The van der Waals surface area contributed by atoms with E-state index >= 15 is 0 Å². The third kappa shape index (κ3) is 4.68. The number of benzene rings is 2. The van der Waals surface area contributed by atoms with Gasteiger partial charge in [0, 0.05) is 16.0 Å². The predicted octanol–water partition coefficient (Wildman–Crippen LogP) is 4.66. The maximum Gasteiger partial charge on any atom is 0.358 e. The first-order valence-corrected chi connectivity index (χ1v) is 9.60. The average molecular weight is 417 g/mol. The van der Waals surface area contributed by atoms with Crippen LogP contribution < -0.4 is 10.1 Å². The molecule has 0 saturated carbocycles. The molecule has 6 nitrogen and oxygen atoms in total. The first-order chi connectivity index (χ1) is 13.5. The zero-order valence-corrected chi connectivity index (χ0v) is 16.7.